The van der Waals surface area contributed by atoms with Crippen molar-refractivity contribution in [3.8, 4) is 11.1 Å². The third kappa shape index (κ3) is 5.00. The number of hydrogen-bond acceptors (Lipinski definition) is 1. The zero-order valence-electron chi connectivity index (χ0n) is 19.4. The van der Waals surface area contributed by atoms with Gasteiger partial charge in [0.1, 0.15) is 0 Å². The van der Waals surface area contributed by atoms with Gasteiger partial charge in [0, 0.05) is 11.4 Å². The Morgan fingerprint density at radius 3 is 1.91 bits per heavy atom. The Balaban J connectivity index is 1.73. The Hall–Kier alpha value is -3.58. The van der Waals surface area contributed by atoms with Gasteiger partial charge in [0.2, 0.25) is 0 Å². The summed E-state index contributed by atoms with van der Waals surface area (Å²) in [4.78, 5) is 0. The summed E-state index contributed by atoms with van der Waals surface area (Å²) in [5.41, 5.74) is 9.87. The van der Waals surface area contributed by atoms with Crippen LogP contribution in [0, 0.1) is 6.92 Å². The minimum Gasteiger partial charge on any atom is -0.355 e. The second-order valence-electron chi connectivity index (χ2n) is 9.26. The Labute approximate surface area is 192 Å². The molecule has 0 bridgehead atoms. The van der Waals surface area contributed by atoms with E-state index >= 15 is 0 Å². The molecular weight excluding hydrogens is 386 g/mol. The van der Waals surface area contributed by atoms with E-state index in [0.717, 1.165) is 11.4 Å². The molecule has 0 aliphatic carbocycles. The predicted octanol–water partition coefficient (Wildman–Crippen LogP) is 8.87. The number of para-hydroxylation sites is 1. The summed E-state index contributed by atoms with van der Waals surface area (Å²) in [5, 5.41) is 3.58. The Kier molecular flexibility index (Phi) is 6.28. The van der Waals surface area contributed by atoms with Crippen LogP contribution in [0.3, 0.4) is 0 Å². The van der Waals surface area contributed by atoms with Gasteiger partial charge in [0.25, 0.3) is 0 Å². The summed E-state index contributed by atoms with van der Waals surface area (Å²) in [6.45, 7) is 8.94. The van der Waals surface area contributed by atoms with E-state index in [2.05, 4.69) is 136 Å². The van der Waals surface area contributed by atoms with Crippen molar-refractivity contribution >= 4 is 23.5 Å². The number of nitrogens with one attached hydrogen (secondary N) is 1. The lowest BCUT2D eigenvalue weighted by atomic mass is 9.86. The number of hydrogen-bond donors (Lipinski definition) is 1. The average molecular weight is 418 g/mol. The van der Waals surface area contributed by atoms with Gasteiger partial charge in [0.15, 0.2) is 0 Å². The fourth-order valence-corrected chi connectivity index (χ4v) is 3.90. The van der Waals surface area contributed by atoms with Crippen LogP contribution in [0.15, 0.2) is 97.1 Å². The highest BCUT2D eigenvalue weighted by atomic mass is 14.9. The van der Waals surface area contributed by atoms with Crippen molar-refractivity contribution in [3.63, 3.8) is 0 Å². The molecule has 160 valence electrons. The zero-order valence-corrected chi connectivity index (χ0v) is 19.4. The van der Waals surface area contributed by atoms with Crippen molar-refractivity contribution in [2.75, 3.05) is 5.32 Å². The molecular formula is C31H31N. The molecule has 4 aromatic rings. The Morgan fingerprint density at radius 1 is 0.656 bits per heavy atom. The van der Waals surface area contributed by atoms with Crippen molar-refractivity contribution < 1.29 is 0 Å². The molecule has 0 aliphatic rings. The van der Waals surface area contributed by atoms with E-state index in [9.17, 15) is 0 Å². The average Bonchev–Trinajstić information content (AvgIpc) is 2.80. The summed E-state index contributed by atoms with van der Waals surface area (Å²) < 4.78 is 0. The van der Waals surface area contributed by atoms with E-state index in [1.807, 2.05) is 6.07 Å². The molecule has 1 nitrogen and oxygen atoms in total. The molecule has 0 saturated heterocycles. The molecule has 1 N–H and O–H groups in total. The molecule has 0 atom stereocenters. The first kappa shape index (κ1) is 21.6. The lowest BCUT2D eigenvalue weighted by molar-refractivity contribution is 0.590. The van der Waals surface area contributed by atoms with Crippen LogP contribution in [0.1, 0.15) is 43.0 Å². The van der Waals surface area contributed by atoms with E-state index in [1.54, 1.807) is 0 Å². The molecule has 0 aliphatic heterocycles. The van der Waals surface area contributed by atoms with Crippen LogP contribution in [-0.4, -0.2) is 0 Å². The second-order valence-corrected chi connectivity index (χ2v) is 9.26. The fourth-order valence-electron chi connectivity index (χ4n) is 3.90. The minimum absolute atomic E-state index is 0.163. The van der Waals surface area contributed by atoms with E-state index < -0.39 is 0 Å². The van der Waals surface area contributed by atoms with E-state index in [1.165, 1.54) is 33.4 Å². The van der Waals surface area contributed by atoms with E-state index in [0.29, 0.717) is 0 Å². The predicted molar refractivity (Wildman–Crippen MR) is 140 cm³/mol. The maximum absolute atomic E-state index is 3.58. The molecule has 32 heavy (non-hydrogen) atoms. The molecule has 0 unspecified atom stereocenters. The van der Waals surface area contributed by atoms with Crippen LogP contribution in [0.4, 0.5) is 11.4 Å². The molecule has 1 heteroatoms. The van der Waals surface area contributed by atoms with Gasteiger partial charge in [-0.25, -0.2) is 0 Å². The Bertz CT molecular complexity index is 1200. The third-order valence-corrected chi connectivity index (χ3v) is 5.87. The highest BCUT2D eigenvalue weighted by molar-refractivity contribution is 5.86. The smallest absolute Gasteiger partial charge is 0.0420 e. The highest BCUT2D eigenvalue weighted by Crippen LogP contribution is 2.33. The summed E-state index contributed by atoms with van der Waals surface area (Å²) >= 11 is 0. The van der Waals surface area contributed by atoms with E-state index in [-0.39, 0.29) is 5.41 Å². The number of anilines is 2. The molecule has 0 saturated carbocycles. The summed E-state index contributed by atoms with van der Waals surface area (Å²) in [6, 6.07) is 34.2. The molecule has 0 spiro atoms. The maximum atomic E-state index is 3.58. The van der Waals surface area contributed by atoms with Gasteiger partial charge in [0.05, 0.1) is 0 Å². The van der Waals surface area contributed by atoms with Crippen molar-refractivity contribution in [2.45, 2.75) is 33.1 Å². The van der Waals surface area contributed by atoms with Gasteiger partial charge in [-0.3, -0.25) is 0 Å². The second kappa shape index (κ2) is 9.28. The van der Waals surface area contributed by atoms with Crippen molar-refractivity contribution in [3.05, 3.63) is 119 Å². The quantitative estimate of drug-likeness (QED) is 0.320. The first-order valence-corrected chi connectivity index (χ1v) is 11.2. The van der Waals surface area contributed by atoms with Crippen molar-refractivity contribution in [1.82, 2.24) is 0 Å². The van der Waals surface area contributed by atoms with Gasteiger partial charge in [-0.2, -0.15) is 0 Å². The topological polar surface area (TPSA) is 12.0 Å². The van der Waals surface area contributed by atoms with Crippen LogP contribution in [0.2, 0.25) is 0 Å². The summed E-state index contributed by atoms with van der Waals surface area (Å²) in [5.74, 6) is 0. The maximum Gasteiger partial charge on any atom is 0.0420 e. The van der Waals surface area contributed by atoms with Gasteiger partial charge >= 0.3 is 0 Å². The Morgan fingerprint density at radius 2 is 1.28 bits per heavy atom. The third-order valence-electron chi connectivity index (χ3n) is 5.87. The molecule has 0 amide bonds. The van der Waals surface area contributed by atoms with Gasteiger partial charge < -0.3 is 5.32 Å². The van der Waals surface area contributed by atoms with Crippen LogP contribution in [0.25, 0.3) is 23.3 Å². The molecule has 4 rings (SSSR count). The monoisotopic (exact) mass is 417 g/mol. The summed E-state index contributed by atoms with van der Waals surface area (Å²) in [7, 11) is 0. The standard InChI is InChI=1S/C31H31N/c1-23-28(20-17-24-15-18-26(19-16-24)31(2,3)4)29(25-11-7-5-8-12-25)21-22-30(23)32-27-13-9-6-10-14-27/h5-22,32H,1-4H3. The number of benzene rings is 4. The van der Waals surface area contributed by atoms with Gasteiger partial charge in [-0.05, 0) is 63.9 Å². The van der Waals surface area contributed by atoms with Crippen LogP contribution < -0.4 is 5.32 Å². The SMILES string of the molecule is Cc1c(Nc2ccccc2)ccc(-c2ccccc2)c1C=Cc1ccc(C(C)(C)C)cc1. The molecule has 4 aromatic carbocycles. The molecule has 0 aromatic heterocycles. The van der Waals surface area contributed by atoms with E-state index in [4.69, 9.17) is 0 Å². The van der Waals surface area contributed by atoms with Gasteiger partial charge in [-0.15, -0.1) is 0 Å². The number of rotatable bonds is 5. The molecule has 0 radical (unpaired) electrons. The van der Waals surface area contributed by atoms with Crippen LogP contribution in [-0.2, 0) is 5.41 Å². The minimum atomic E-state index is 0.163. The first-order chi connectivity index (χ1) is 15.4. The zero-order chi connectivity index (χ0) is 22.6. The fraction of sp³-hybridized carbons (Fsp3) is 0.161. The summed E-state index contributed by atoms with van der Waals surface area (Å²) in [6.07, 6.45) is 4.47. The largest absolute Gasteiger partial charge is 0.355 e. The van der Waals surface area contributed by atoms with Crippen LogP contribution >= 0.6 is 0 Å². The lowest BCUT2D eigenvalue weighted by Crippen LogP contribution is -2.10. The van der Waals surface area contributed by atoms with Crippen molar-refractivity contribution in [1.29, 1.82) is 0 Å². The lowest BCUT2D eigenvalue weighted by Gasteiger charge is -2.19. The van der Waals surface area contributed by atoms with Crippen LogP contribution in [0.5, 0.6) is 0 Å². The molecule has 0 fully saturated rings. The first-order valence-electron chi connectivity index (χ1n) is 11.2. The normalized spacial score (nSPS) is 11.6. The highest BCUT2D eigenvalue weighted by Gasteiger charge is 2.13. The van der Waals surface area contributed by atoms with Crippen molar-refractivity contribution in [2.24, 2.45) is 0 Å². The molecule has 0 heterocycles. The van der Waals surface area contributed by atoms with Gasteiger partial charge in [-0.1, -0.05) is 112 Å².